The molecule has 0 aliphatic carbocycles. The van der Waals surface area contributed by atoms with Gasteiger partial charge in [-0.1, -0.05) is 37.3 Å². The zero-order valence-corrected chi connectivity index (χ0v) is 16.0. The Morgan fingerprint density at radius 2 is 1.88 bits per heavy atom. The minimum atomic E-state index is -0.169. The lowest BCUT2D eigenvalue weighted by atomic mass is 10.1. The molecule has 2 heterocycles. The first-order valence-electron chi connectivity index (χ1n) is 8.80. The van der Waals surface area contributed by atoms with Crippen LogP contribution in [0.1, 0.15) is 32.2 Å². The molecule has 0 aliphatic heterocycles. The van der Waals surface area contributed by atoms with Gasteiger partial charge in [0.2, 0.25) is 11.0 Å². The molecule has 7 nitrogen and oxygen atoms in total. The third-order valence-corrected chi connectivity index (χ3v) is 4.96. The van der Waals surface area contributed by atoms with Gasteiger partial charge in [0, 0.05) is 25.9 Å². The van der Waals surface area contributed by atoms with Crippen LogP contribution in [0.15, 0.2) is 29.1 Å². The standard InChI is InChI=1S/C18H23N5O2S/c1-4-22-13-7-5-6-8-14(13)23(18(22)25)10-9-15(24)19-17-21-20-16(26-17)11-12(2)3/h5-8,12H,4,9-11H2,1-3H3,(H,19,21,24). The minimum Gasteiger partial charge on any atom is -0.300 e. The van der Waals surface area contributed by atoms with E-state index in [0.29, 0.717) is 24.1 Å². The van der Waals surface area contributed by atoms with Gasteiger partial charge < -0.3 is 5.32 Å². The van der Waals surface area contributed by atoms with Crippen molar-refractivity contribution in [3.8, 4) is 0 Å². The fourth-order valence-electron chi connectivity index (χ4n) is 2.93. The maximum absolute atomic E-state index is 12.6. The maximum atomic E-state index is 12.6. The summed E-state index contributed by atoms with van der Waals surface area (Å²) in [6.45, 7) is 7.10. The van der Waals surface area contributed by atoms with Gasteiger partial charge in [-0.3, -0.25) is 13.9 Å². The first kappa shape index (κ1) is 18.3. The number of hydrogen-bond donors (Lipinski definition) is 1. The average Bonchev–Trinajstić information content (AvgIpc) is 3.13. The van der Waals surface area contributed by atoms with E-state index in [1.54, 1.807) is 9.13 Å². The summed E-state index contributed by atoms with van der Waals surface area (Å²) in [6, 6.07) is 7.64. The van der Waals surface area contributed by atoms with Crippen LogP contribution in [0.25, 0.3) is 11.0 Å². The Balaban J connectivity index is 1.68. The molecule has 1 amide bonds. The molecule has 0 spiro atoms. The van der Waals surface area contributed by atoms with Gasteiger partial charge in [-0.25, -0.2) is 4.79 Å². The number of aryl methyl sites for hydroxylation is 2. The van der Waals surface area contributed by atoms with E-state index in [2.05, 4.69) is 29.4 Å². The highest BCUT2D eigenvalue weighted by atomic mass is 32.1. The molecular formula is C18H23N5O2S. The molecule has 1 N–H and O–H groups in total. The number of para-hydroxylation sites is 2. The van der Waals surface area contributed by atoms with Gasteiger partial charge in [-0.2, -0.15) is 0 Å². The lowest BCUT2D eigenvalue weighted by molar-refractivity contribution is -0.116. The summed E-state index contributed by atoms with van der Waals surface area (Å²) in [4.78, 5) is 24.8. The van der Waals surface area contributed by atoms with Crippen LogP contribution in [0.4, 0.5) is 5.13 Å². The van der Waals surface area contributed by atoms with E-state index in [1.165, 1.54) is 11.3 Å². The summed E-state index contributed by atoms with van der Waals surface area (Å²) in [5, 5.41) is 12.3. The summed E-state index contributed by atoms with van der Waals surface area (Å²) in [6.07, 6.45) is 1.05. The smallest absolute Gasteiger partial charge is 0.300 e. The number of anilines is 1. The van der Waals surface area contributed by atoms with E-state index < -0.39 is 0 Å². The van der Waals surface area contributed by atoms with E-state index in [1.807, 2.05) is 31.2 Å². The van der Waals surface area contributed by atoms with E-state index in [4.69, 9.17) is 0 Å². The molecule has 8 heteroatoms. The molecule has 0 bridgehead atoms. The third kappa shape index (κ3) is 3.85. The Morgan fingerprint density at radius 1 is 1.19 bits per heavy atom. The second-order valence-corrected chi connectivity index (χ2v) is 7.63. The van der Waals surface area contributed by atoms with Gasteiger partial charge in [0.05, 0.1) is 11.0 Å². The summed E-state index contributed by atoms with van der Waals surface area (Å²) in [5.74, 6) is 0.326. The Labute approximate surface area is 155 Å². The fourth-order valence-corrected chi connectivity index (χ4v) is 3.89. The maximum Gasteiger partial charge on any atom is 0.329 e. The highest BCUT2D eigenvalue weighted by Crippen LogP contribution is 2.18. The van der Waals surface area contributed by atoms with Crippen molar-refractivity contribution < 1.29 is 4.79 Å². The first-order chi connectivity index (χ1) is 12.5. The molecule has 3 aromatic rings. The summed E-state index contributed by atoms with van der Waals surface area (Å²) in [7, 11) is 0. The van der Waals surface area contributed by atoms with Crippen molar-refractivity contribution in [3.05, 3.63) is 39.8 Å². The van der Waals surface area contributed by atoms with Crippen LogP contribution in [0.5, 0.6) is 0 Å². The number of imidazole rings is 1. The summed E-state index contributed by atoms with van der Waals surface area (Å²) < 4.78 is 3.37. The number of nitrogens with one attached hydrogen (secondary N) is 1. The average molecular weight is 373 g/mol. The third-order valence-electron chi connectivity index (χ3n) is 4.10. The van der Waals surface area contributed by atoms with Crippen molar-refractivity contribution in [3.63, 3.8) is 0 Å². The Kier molecular flexibility index (Phi) is 5.51. The number of hydrogen-bond acceptors (Lipinski definition) is 5. The van der Waals surface area contributed by atoms with Crippen molar-refractivity contribution in [1.82, 2.24) is 19.3 Å². The molecule has 0 radical (unpaired) electrons. The van der Waals surface area contributed by atoms with Crippen molar-refractivity contribution in [1.29, 1.82) is 0 Å². The predicted octanol–water partition coefficient (Wildman–Crippen LogP) is 2.90. The van der Waals surface area contributed by atoms with Crippen LogP contribution >= 0.6 is 11.3 Å². The Morgan fingerprint density at radius 3 is 2.54 bits per heavy atom. The molecule has 26 heavy (non-hydrogen) atoms. The molecule has 0 aliphatic rings. The second-order valence-electron chi connectivity index (χ2n) is 6.56. The van der Waals surface area contributed by atoms with Crippen molar-refractivity contribution in [2.75, 3.05) is 5.32 Å². The summed E-state index contributed by atoms with van der Waals surface area (Å²) in [5.41, 5.74) is 1.65. The van der Waals surface area contributed by atoms with Crippen LogP contribution in [-0.4, -0.2) is 25.2 Å². The number of amides is 1. The molecule has 0 saturated carbocycles. The van der Waals surface area contributed by atoms with E-state index in [0.717, 1.165) is 22.5 Å². The number of aromatic nitrogens is 4. The molecule has 2 aromatic heterocycles. The fraction of sp³-hybridized carbons (Fsp3) is 0.444. The normalized spacial score (nSPS) is 11.4. The lowest BCUT2D eigenvalue weighted by Gasteiger charge is -2.03. The van der Waals surface area contributed by atoms with Crippen LogP contribution in [0.2, 0.25) is 0 Å². The van der Waals surface area contributed by atoms with Gasteiger partial charge in [-0.05, 0) is 25.0 Å². The first-order valence-corrected chi connectivity index (χ1v) is 9.61. The van der Waals surface area contributed by atoms with E-state index in [9.17, 15) is 9.59 Å². The monoisotopic (exact) mass is 373 g/mol. The van der Waals surface area contributed by atoms with Crippen LogP contribution in [0, 0.1) is 5.92 Å². The highest BCUT2D eigenvalue weighted by molar-refractivity contribution is 7.15. The number of carbonyl (C=O) groups is 1. The Hall–Kier alpha value is -2.48. The number of fused-ring (bicyclic) bond motifs is 1. The molecule has 0 fully saturated rings. The van der Waals surface area contributed by atoms with Gasteiger partial charge in [0.25, 0.3) is 0 Å². The van der Waals surface area contributed by atoms with Gasteiger partial charge in [-0.15, -0.1) is 10.2 Å². The highest BCUT2D eigenvalue weighted by Gasteiger charge is 2.14. The quantitative estimate of drug-likeness (QED) is 0.690. The van der Waals surface area contributed by atoms with Gasteiger partial charge in [0.15, 0.2) is 0 Å². The second kappa shape index (κ2) is 7.82. The number of rotatable bonds is 7. The Bertz CT molecular complexity index is 970. The van der Waals surface area contributed by atoms with Crippen LogP contribution in [0.3, 0.4) is 0 Å². The van der Waals surface area contributed by atoms with Crippen molar-refractivity contribution in [2.24, 2.45) is 5.92 Å². The van der Waals surface area contributed by atoms with Crippen molar-refractivity contribution >= 4 is 33.4 Å². The van der Waals surface area contributed by atoms with Crippen LogP contribution in [-0.2, 0) is 24.3 Å². The minimum absolute atomic E-state index is 0.0864. The van der Waals surface area contributed by atoms with E-state index in [-0.39, 0.29) is 18.0 Å². The lowest BCUT2D eigenvalue weighted by Crippen LogP contribution is -2.25. The summed E-state index contributed by atoms with van der Waals surface area (Å²) >= 11 is 1.40. The SMILES string of the molecule is CCn1c(=O)n(CCC(=O)Nc2nnc(CC(C)C)s2)c2ccccc21. The van der Waals surface area contributed by atoms with Crippen LogP contribution < -0.4 is 11.0 Å². The topological polar surface area (TPSA) is 81.8 Å². The molecule has 0 atom stereocenters. The molecular weight excluding hydrogens is 350 g/mol. The van der Waals surface area contributed by atoms with Crippen molar-refractivity contribution in [2.45, 2.75) is 46.7 Å². The number of nitrogens with zero attached hydrogens (tertiary/aromatic N) is 4. The molecule has 0 unspecified atom stereocenters. The largest absolute Gasteiger partial charge is 0.329 e. The molecule has 1 aromatic carbocycles. The molecule has 3 rings (SSSR count). The number of benzene rings is 1. The van der Waals surface area contributed by atoms with Gasteiger partial charge in [0.1, 0.15) is 5.01 Å². The zero-order chi connectivity index (χ0) is 18.7. The molecule has 0 saturated heterocycles. The van der Waals surface area contributed by atoms with E-state index >= 15 is 0 Å². The van der Waals surface area contributed by atoms with Gasteiger partial charge >= 0.3 is 5.69 Å². The molecule has 138 valence electrons. The predicted molar refractivity (Wildman–Crippen MR) is 104 cm³/mol. The zero-order valence-electron chi connectivity index (χ0n) is 15.2. The number of carbonyl (C=O) groups excluding carboxylic acids is 1.